The number of nitrogens with one attached hydrogen (secondary N) is 1. The second-order valence-corrected chi connectivity index (χ2v) is 7.63. The fraction of sp³-hybridized carbons (Fsp3) is 0.200. The van der Waals surface area contributed by atoms with E-state index in [4.69, 9.17) is 4.74 Å². The molecule has 116 valence electrons. The van der Waals surface area contributed by atoms with Crippen LogP contribution in [-0.2, 0) is 9.53 Å². The number of ether oxygens (including phenoxy) is 1. The van der Waals surface area contributed by atoms with Crippen LogP contribution in [0.3, 0.4) is 0 Å². The predicted molar refractivity (Wildman–Crippen MR) is 94.5 cm³/mol. The number of carbonyl (C=O) groups excluding carboxylic acids is 2. The summed E-state index contributed by atoms with van der Waals surface area (Å²) in [5.41, 5.74) is 1.66. The van der Waals surface area contributed by atoms with Crippen molar-refractivity contribution in [3.8, 4) is 0 Å². The molecular formula is C15H13Br2NO3S. The highest BCUT2D eigenvalue weighted by Crippen LogP contribution is 2.32. The van der Waals surface area contributed by atoms with Gasteiger partial charge in [0.1, 0.15) is 4.88 Å². The van der Waals surface area contributed by atoms with Crippen LogP contribution < -0.4 is 5.32 Å². The van der Waals surface area contributed by atoms with E-state index in [9.17, 15) is 9.59 Å². The number of thiophene rings is 1. The molecule has 1 amide bonds. The first-order valence-electron chi connectivity index (χ1n) is 6.36. The zero-order chi connectivity index (χ0) is 16.3. The Morgan fingerprint density at radius 3 is 2.36 bits per heavy atom. The van der Waals surface area contributed by atoms with Crippen molar-refractivity contribution < 1.29 is 14.3 Å². The lowest BCUT2D eigenvalue weighted by molar-refractivity contribution is -0.119. The molecule has 0 aliphatic rings. The van der Waals surface area contributed by atoms with Gasteiger partial charge in [-0.25, -0.2) is 4.79 Å². The Kier molecular flexibility index (Phi) is 5.77. The van der Waals surface area contributed by atoms with Crippen LogP contribution >= 0.6 is 43.2 Å². The van der Waals surface area contributed by atoms with E-state index in [0.29, 0.717) is 10.6 Å². The first-order valence-corrected chi connectivity index (χ1v) is 8.76. The molecule has 0 atom stereocenters. The number of esters is 1. The van der Waals surface area contributed by atoms with E-state index in [2.05, 4.69) is 37.2 Å². The normalized spacial score (nSPS) is 10.4. The summed E-state index contributed by atoms with van der Waals surface area (Å²) in [7, 11) is 0. The average Bonchev–Trinajstić information content (AvgIpc) is 2.87. The van der Waals surface area contributed by atoms with Gasteiger partial charge in [-0.05, 0) is 75.5 Å². The van der Waals surface area contributed by atoms with Crippen molar-refractivity contribution in [2.75, 3.05) is 11.9 Å². The Morgan fingerprint density at radius 1 is 1.18 bits per heavy atom. The molecule has 7 heteroatoms. The number of aryl methyl sites for hydroxylation is 2. The van der Waals surface area contributed by atoms with E-state index >= 15 is 0 Å². The number of hydrogen-bond donors (Lipinski definition) is 1. The zero-order valence-electron chi connectivity index (χ0n) is 11.9. The minimum Gasteiger partial charge on any atom is -0.451 e. The third-order valence-electron chi connectivity index (χ3n) is 2.73. The number of halogens is 2. The summed E-state index contributed by atoms with van der Waals surface area (Å²) >= 11 is 8.13. The minimum atomic E-state index is -0.490. The van der Waals surface area contributed by atoms with Crippen molar-refractivity contribution in [2.45, 2.75) is 13.8 Å². The second kappa shape index (κ2) is 7.39. The van der Waals surface area contributed by atoms with Gasteiger partial charge in [0.2, 0.25) is 0 Å². The Balaban J connectivity index is 1.95. The zero-order valence-corrected chi connectivity index (χ0v) is 15.9. The largest absolute Gasteiger partial charge is 0.451 e. The molecule has 0 fully saturated rings. The average molecular weight is 447 g/mol. The Labute approximate surface area is 149 Å². The molecule has 0 aliphatic heterocycles. The summed E-state index contributed by atoms with van der Waals surface area (Å²) in [5, 5.41) is 2.71. The van der Waals surface area contributed by atoms with Crippen molar-refractivity contribution in [3.63, 3.8) is 0 Å². The van der Waals surface area contributed by atoms with Crippen LogP contribution in [0.25, 0.3) is 0 Å². The lowest BCUT2D eigenvalue weighted by Crippen LogP contribution is -2.21. The Bertz CT molecular complexity index is 704. The van der Waals surface area contributed by atoms with Gasteiger partial charge in [-0.15, -0.1) is 11.3 Å². The summed E-state index contributed by atoms with van der Waals surface area (Å²) in [4.78, 5) is 25.2. The van der Waals surface area contributed by atoms with Gasteiger partial charge in [0.15, 0.2) is 6.61 Å². The first kappa shape index (κ1) is 17.2. The van der Waals surface area contributed by atoms with E-state index in [1.165, 1.54) is 11.3 Å². The number of rotatable bonds is 4. The second-order valence-electron chi connectivity index (χ2n) is 4.64. The standard InChI is InChI=1S/C15H13Br2NO3S/c1-8-5-10(16)14(11(17)6-8)18-13(19)7-21-15(20)12-4-3-9(2)22-12/h3-6H,7H2,1-2H3,(H,18,19). The van der Waals surface area contributed by atoms with Crippen LogP contribution in [0.2, 0.25) is 0 Å². The van der Waals surface area contributed by atoms with E-state index in [1.807, 2.05) is 32.0 Å². The van der Waals surface area contributed by atoms with E-state index in [1.54, 1.807) is 6.07 Å². The Hall–Kier alpha value is -1.18. The quantitative estimate of drug-likeness (QED) is 0.693. The van der Waals surface area contributed by atoms with Crippen LogP contribution in [0, 0.1) is 13.8 Å². The van der Waals surface area contributed by atoms with Crippen LogP contribution in [0.5, 0.6) is 0 Å². The molecule has 0 aliphatic carbocycles. The van der Waals surface area contributed by atoms with E-state index in [-0.39, 0.29) is 6.61 Å². The van der Waals surface area contributed by atoms with Crippen molar-refractivity contribution >= 4 is 60.8 Å². The Morgan fingerprint density at radius 2 is 1.82 bits per heavy atom. The van der Waals surface area contributed by atoms with E-state index in [0.717, 1.165) is 19.4 Å². The number of carbonyl (C=O) groups is 2. The third-order valence-corrected chi connectivity index (χ3v) is 4.96. The van der Waals surface area contributed by atoms with Crippen molar-refractivity contribution in [2.24, 2.45) is 0 Å². The summed E-state index contributed by atoms with van der Waals surface area (Å²) in [6, 6.07) is 7.30. The van der Waals surface area contributed by atoms with Gasteiger partial charge in [0, 0.05) is 13.8 Å². The van der Waals surface area contributed by atoms with Gasteiger partial charge < -0.3 is 10.1 Å². The predicted octanol–water partition coefficient (Wildman–Crippen LogP) is 4.69. The topological polar surface area (TPSA) is 55.4 Å². The highest BCUT2D eigenvalue weighted by Gasteiger charge is 2.14. The molecule has 0 radical (unpaired) electrons. The van der Waals surface area contributed by atoms with Crippen LogP contribution in [-0.4, -0.2) is 18.5 Å². The monoisotopic (exact) mass is 445 g/mol. The minimum absolute atomic E-state index is 0.331. The number of benzene rings is 1. The van der Waals surface area contributed by atoms with Gasteiger partial charge >= 0.3 is 5.97 Å². The molecular weight excluding hydrogens is 434 g/mol. The van der Waals surface area contributed by atoms with Gasteiger partial charge in [-0.1, -0.05) is 0 Å². The number of amides is 1. The summed E-state index contributed by atoms with van der Waals surface area (Å²) in [6.07, 6.45) is 0. The van der Waals surface area contributed by atoms with Crippen LogP contribution in [0.4, 0.5) is 5.69 Å². The highest BCUT2D eigenvalue weighted by molar-refractivity contribution is 9.11. The third kappa shape index (κ3) is 4.41. The van der Waals surface area contributed by atoms with Crippen molar-refractivity contribution in [1.29, 1.82) is 0 Å². The number of anilines is 1. The molecule has 0 saturated carbocycles. The maximum Gasteiger partial charge on any atom is 0.348 e. The fourth-order valence-electron chi connectivity index (χ4n) is 1.74. The highest BCUT2D eigenvalue weighted by atomic mass is 79.9. The lowest BCUT2D eigenvalue weighted by Gasteiger charge is -2.11. The lowest BCUT2D eigenvalue weighted by atomic mass is 10.2. The molecule has 4 nitrogen and oxygen atoms in total. The molecule has 0 saturated heterocycles. The summed E-state index contributed by atoms with van der Waals surface area (Å²) < 4.78 is 6.52. The SMILES string of the molecule is Cc1cc(Br)c(NC(=O)COC(=O)c2ccc(C)s2)c(Br)c1. The fourth-order valence-corrected chi connectivity index (χ4v) is 4.12. The molecule has 0 bridgehead atoms. The maximum absolute atomic E-state index is 11.9. The molecule has 1 aromatic carbocycles. The summed E-state index contributed by atoms with van der Waals surface area (Å²) in [5.74, 6) is -0.887. The van der Waals surface area contributed by atoms with Gasteiger partial charge in [-0.3, -0.25) is 4.79 Å². The van der Waals surface area contributed by atoms with Gasteiger partial charge in [-0.2, -0.15) is 0 Å². The molecule has 0 unspecified atom stereocenters. The number of hydrogen-bond acceptors (Lipinski definition) is 4. The molecule has 0 spiro atoms. The molecule has 1 heterocycles. The summed E-state index contributed by atoms with van der Waals surface area (Å²) in [6.45, 7) is 3.52. The van der Waals surface area contributed by atoms with E-state index < -0.39 is 11.9 Å². The smallest absolute Gasteiger partial charge is 0.348 e. The molecule has 1 N–H and O–H groups in total. The molecule has 2 aromatic rings. The molecule has 2 rings (SSSR count). The first-order chi connectivity index (χ1) is 10.4. The van der Waals surface area contributed by atoms with Crippen molar-refractivity contribution in [1.82, 2.24) is 0 Å². The van der Waals surface area contributed by atoms with Crippen LogP contribution in [0.1, 0.15) is 20.1 Å². The molecule has 1 aromatic heterocycles. The van der Waals surface area contributed by atoms with Crippen molar-refractivity contribution in [3.05, 3.63) is 48.5 Å². The van der Waals surface area contributed by atoms with Gasteiger partial charge in [0.05, 0.1) is 5.69 Å². The van der Waals surface area contributed by atoms with Gasteiger partial charge in [0.25, 0.3) is 5.91 Å². The van der Waals surface area contributed by atoms with Crippen LogP contribution in [0.15, 0.2) is 33.2 Å². The molecule has 22 heavy (non-hydrogen) atoms. The maximum atomic E-state index is 11.9.